The van der Waals surface area contributed by atoms with Crippen molar-refractivity contribution in [3.63, 3.8) is 0 Å². The van der Waals surface area contributed by atoms with Gasteiger partial charge in [0.2, 0.25) is 5.91 Å². The van der Waals surface area contributed by atoms with Crippen LogP contribution in [0.3, 0.4) is 0 Å². The Labute approximate surface area is 122 Å². The Morgan fingerprint density at radius 1 is 1.25 bits per heavy atom. The molecule has 0 heterocycles. The standard InChI is InChI=1S/C13H16N2O4S/c1-19-11(16)7-14-13(18)10(8-20)15-12(17)9-5-3-2-4-6-9/h2-6,10,20H,7-8H2,1H3,(H,14,18)(H,15,17)/t10-/m0/s1. The first-order valence-electron chi connectivity index (χ1n) is 5.89. The van der Waals surface area contributed by atoms with Crippen LogP contribution in [0.2, 0.25) is 0 Å². The van der Waals surface area contributed by atoms with Gasteiger partial charge in [-0.05, 0) is 12.1 Å². The molecular weight excluding hydrogens is 280 g/mol. The second-order valence-corrected chi connectivity index (χ2v) is 4.23. The lowest BCUT2D eigenvalue weighted by Gasteiger charge is -2.16. The lowest BCUT2D eigenvalue weighted by Crippen LogP contribution is -2.49. The first kappa shape index (κ1) is 16.0. The van der Waals surface area contributed by atoms with E-state index in [-0.39, 0.29) is 18.2 Å². The Kier molecular flexibility index (Phi) is 6.58. The first-order valence-corrected chi connectivity index (χ1v) is 6.53. The van der Waals surface area contributed by atoms with Crippen molar-refractivity contribution < 1.29 is 19.1 Å². The average Bonchev–Trinajstić information content (AvgIpc) is 2.50. The monoisotopic (exact) mass is 296 g/mol. The number of methoxy groups -OCH3 is 1. The van der Waals surface area contributed by atoms with Crippen molar-refractivity contribution in [2.75, 3.05) is 19.4 Å². The number of amides is 2. The number of carbonyl (C=O) groups excluding carboxylic acids is 3. The Morgan fingerprint density at radius 2 is 1.90 bits per heavy atom. The van der Waals surface area contributed by atoms with Crippen molar-refractivity contribution in [2.45, 2.75) is 6.04 Å². The molecule has 0 fully saturated rings. The molecule has 20 heavy (non-hydrogen) atoms. The van der Waals surface area contributed by atoms with E-state index in [1.54, 1.807) is 30.3 Å². The van der Waals surface area contributed by atoms with E-state index in [1.807, 2.05) is 0 Å². The van der Waals surface area contributed by atoms with Crippen LogP contribution in [0.1, 0.15) is 10.4 Å². The van der Waals surface area contributed by atoms with Gasteiger partial charge in [-0.25, -0.2) is 0 Å². The van der Waals surface area contributed by atoms with Gasteiger partial charge in [-0.15, -0.1) is 0 Å². The third-order valence-corrected chi connectivity index (χ3v) is 2.84. The summed E-state index contributed by atoms with van der Waals surface area (Å²) in [5.41, 5.74) is 0.444. The zero-order valence-electron chi connectivity index (χ0n) is 11.0. The Bertz CT molecular complexity index is 479. The predicted molar refractivity (Wildman–Crippen MR) is 76.6 cm³/mol. The van der Waals surface area contributed by atoms with Gasteiger partial charge >= 0.3 is 5.97 Å². The minimum absolute atomic E-state index is 0.117. The highest BCUT2D eigenvalue weighted by Crippen LogP contribution is 1.99. The Balaban J connectivity index is 2.56. The molecule has 0 aliphatic carbocycles. The number of benzene rings is 1. The minimum Gasteiger partial charge on any atom is -0.468 e. The molecule has 0 aromatic heterocycles. The number of nitrogens with one attached hydrogen (secondary N) is 2. The van der Waals surface area contributed by atoms with Crippen molar-refractivity contribution in [3.05, 3.63) is 35.9 Å². The SMILES string of the molecule is COC(=O)CNC(=O)[C@H](CS)NC(=O)c1ccccc1. The van der Waals surface area contributed by atoms with Gasteiger partial charge in [0, 0.05) is 11.3 Å². The van der Waals surface area contributed by atoms with Crippen molar-refractivity contribution in [3.8, 4) is 0 Å². The number of thiol groups is 1. The molecule has 7 heteroatoms. The largest absolute Gasteiger partial charge is 0.468 e. The van der Waals surface area contributed by atoms with Crippen LogP contribution >= 0.6 is 12.6 Å². The van der Waals surface area contributed by atoms with Crippen LogP contribution in [0, 0.1) is 0 Å². The molecule has 1 aromatic rings. The summed E-state index contributed by atoms with van der Waals surface area (Å²) in [5.74, 6) is -1.32. The first-order chi connectivity index (χ1) is 9.58. The predicted octanol–water partition coefficient (Wildman–Crippen LogP) is 0.00400. The van der Waals surface area contributed by atoms with Crippen LogP contribution in [0.4, 0.5) is 0 Å². The van der Waals surface area contributed by atoms with E-state index in [9.17, 15) is 14.4 Å². The Morgan fingerprint density at radius 3 is 2.45 bits per heavy atom. The van der Waals surface area contributed by atoms with Crippen LogP contribution in [0.5, 0.6) is 0 Å². The van der Waals surface area contributed by atoms with E-state index in [0.717, 1.165) is 0 Å². The second kappa shape index (κ2) is 8.21. The van der Waals surface area contributed by atoms with Crippen molar-refractivity contribution >= 4 is 30.4 Å². The van der Waals surface area contributed by atoms with E-state index in [1.165, 1.54) is 7.11 Å². The maximum absolute atomic E-state index is 11.9. The molecule has 108 valence electrons. The highest BCUT2D eigenvalue weighted by Gasteiger charge is 2.20. The van der Waals surface area contributed by atoms with Gasteiger partial charge in [-0.1, -0.05) is 18.2 Å². The number of esters is 1. The highest BCUT2D eigenvalue weighted by molar-refractivity contribution is 7.80. The molecule has 0 unspecified atom stereocenters. The number of rotatable bonds is 6. The van der Waals surface area contributed by atoms with Gasteiger partial charge in [-0.3, -0.25) is 14.4 Å². The zero-order chi connectivity index (χ0) is 15.0. The zero-order valence-corrected chi connectivity index (χ0v) is 11.9. The summed E-state index contributed by atoms with van der Waals surface area (Å²) in [6, 6.07) is 7.68. The summed E-state index contributed by atoms with van der Waals surface area (Å²) < 4.78 is 4.40. The van der Waals surface area contributed by atoms with Crippen LogP contribution in [0.25, 0.3) is 0 Å². The maximum atomic E-state index is 11.9. The number of ether oxygens (including phenoxy) is 1. The molecule has 0 bridgehead atoms. The fraction of sp³-hybridized carbons (Fsp3) is 0.308. The van der Waals surface area contributed by atoms with E-state index in [4.69, 9.17) is 0 Å². The molecule has 0 spiro atoms. The van der Waals surface area contributed by atoms with Gasteiger partial charge in [-0.2, -0.15) is 12.6 Å². The van der Waals surface area contributed by atoms with E-state index in [0.29, 0.717) is 5.56 Å². The summed E-state index contributed by atoms with van der Waals surface area (Å²) in [7, 11) is 1.22. The maximum Gasteiger partial charge on any atom is 0.325 e. The molecule has 1 atom stereocenters. The number of hydrogen-bond acceptors (Lipinski definition) is 5. The Hall–Kier alpha value is -2.02. The molecule has 0 saturated carbocycles. The molecule has 0 aliphatic rings. The van der Waals surface area contributed by atoms with Gasteiger partial charge in [0.05, 0.1) is 7.11 Å². The fourth-order valence-corrected chi connectivity index (χ4v) is 1.64. The molecule has 1 aromatic carbocycles. The van der Waals surface area contributed by atoms with E-state index < -0.39 is 17.9 Å². The topological polar surface area (TPSA) is 84.5 Å². The second-order valence-electron chi connectivity index (χ2n) is 3.87. The molecule has 2 N–H and O–H groups in total. The lowest BCUT2D eigenvalue weighted by molar-refractivity contribution is -0.141. The normalized spacial score (nSPS) is 11.3. The summed E-state index contributed by atoms with van der Waals surface area (Å²) in [6.45, 7) is -0.249. The number of hydrogen-bond donors (Lipinski definition) is 3. The van der Waals surface area contributed by atoms with E-state index in [2.05, 4.69) is 28.0 Å². The van der Waals surface area contributed by atoms with Gasteiger partial charge in [0.25, 0.3) is 5.91 Å². The molecular formula is C13H16N2O4S. The molecule has 0 aliphatic heterocycles. The minimum atomic E-state index is -0.823. The molecule has 2 amide bonds. The third-order valence-electron chi connectivity index (χ3n) is 2.47. The van der Waals surface area contributed by atoms with E-state index >= 15 is 0 Å². The molecule has 6 nitrogen and oxygen atoms in total. The highest BCUT2D eigenvalue weighted by atomic mass is 32.1. The molecule has 0 radical (unpaired) electrons. The summed E-state index contributed by atoms with van der Waals surface area (Å²) in [6.07, 6.45) is 0. The quantitative estimate of drug-likeness (QED) is 0.510. The summed E-state index contributed by atoms with van der Waals surface area (Å²) >= 11 is 4.02. The van der Waals surface area contributed by atoms with Crippen LogP contribution in [-0.4, -0.2) is 43.2 Å². The third kappa shape index (κ3) is 4.93. The van der Waals surface area contributed by atoms with Gasteiger partial charge in [0.1, 0.15) is 12.6 Å². The van der Waals surface area contributed by atoms with Crippen LogP contribution in [-0.2, 0) is 14.3 Å². The van der Waals surface area contributed by atoms with Crippen LogP contribution < -0.4 is 10.6 Å². The van der Waals surface area contributed by atoms with Crippen molar-refractivity contribution in [1.29, 1.82) is 0 Å². The molecule has 0 saturated heterocycles. The fourth-order valence-electron chi connectivity index (χ4n) is 1.38. The lowest BCUT2D eigenvalue weighted by atomic mass is 10.2. The van der Waals surface area contributed by atoms with Gasteiger partial charge < -0.3 is 15.4 Å². The average molecular weight is 296 g/mol. The van der Waals surface area contributed by atoms with Gasteiger partial charge in [0.15, 0.2) is 0 Å². The van der Waals surface area contributed by atoms with Crippen LogP contribution in [0.15, 0.2) is 30.3 Å². The van der Waals surface area contributed by atoms with Crippen molar-refractivity contribution in [1.82, 2.24) is 10.6 Å². The summed E-state index contributed by atoms with van der Waals surface area (Å²) in [5, 5.41) is 4.91. The van der Waals surface area contributed by atoms with Crippen molar-refractivity contribution in [2.24, 2.45) is 0 Å². The smallest absolute Gasteiger partial charge is 0.325 e. The molecule has 1 rings (SSSR count). The summed E-state index contributed by atoms with van der Waals surface area (Å²) in [4.78, 5) is 34.6. The number of carbonyl (C=O) groups is 3.